The lowest BCUT2D eigenvalue weighted by molar-refractivity contribution is -0.119. The van der Waals surface area contributed by atoms with Crippen molar-refractivity contribution in [2.75, 3.05) is 0 Å². The third-order valence-electron chi connectivity index (χ3n) is 3.46. The van der Waals surface area contributed by atoms with Crippen molar-refractivity contribution in [1.29, 1.82) is 0 Å². The molecule has 0 aromatic carbocycles. The number of ketones is 1. The van der Waals surface area contributed by atoms with Crippen LogP contribution < -0.4 is 5.73 Å². The van der Waals surface area contributed by atoms with Gasteiger partial charge >= 0.3 is 0 Å². The SMILES string of the molecule is CCCCCCCCCCC(=O)CC(N)CCC. The van der Waals surface area contributed by atoms with Gasteiger partial charge in [0.05, 0.1) is 0 Å². The molecule has 0 aliphatic rings. The molecule has 0 aromatic heterocycles. The summed E-state index contributed by atoms with van der Waals surface area (Å²) in [6.45, 7) is 4.36. The van der Waals surface area contributed by atoms with Gasteiger partial charge in [-0.2, -0.15) is 0 Å². The van der Waals surface area contributed by atoms with Crippen LogP contribution in [0.5, 0.6) is 0 Å². The summed E-state index contributed by atoms with van der Waals surface area (Å²) < 4.78 is 0. The second-order valence-corrected chi connectivity index (χ2v) is 5.52. The first-order valence-corrected chi connectivity index (χ1v) is 7.98. The molecule has 0 aliphatic carbocycles. The molecular weight excluding hydrogens is 222 g/mol. The Balaban J connectivity index is 3.25. The predicted octanol–water partition coefficient (Wildman–Crippen LogP) is 4.60. The molecule has 0 aromatic rings. The van der Waals surface area contributed by atoms with Gasteiger partial charge in [0.25, 0.3) is 0 Å². The molecular formula is C16H33NO. The molecule has 0 bridgehead atoms. The first-order chi connectivity index (χ1) is 8.70. The van der Waals surface area contributed by atoms with E-state index in [4.69, 9.17) is 5.73 Å². The highest BCUT2D eigenvalue weighted by Gasteiger charge is 2.08. The molecule has 0 aliphatic heterocycles. The maximum Gasteiger partial charge on any atom is 0.134 e. The van der Waals surface area contributed by atoms with Crippen LogP contribution in [0, 0.1) is 0 Å². The quantitative estimate of drug-likeness (QED) is 0.489. The summed E-state index contributed by atoms with van der Waals surface area (Å²) in [5.41, 5.74) is 5.86. The number of carbonyl (C=O) groups excluding carboxylic acids is 1. The van der Waals surface area contributed by atoms with Gasteiger partial charge in [-0.25, -0.2) is 0 Å². The van der Waals surface area contributed by atoms with E-state index >= 15 is 0 Å². The number of carbonyl (C=O) groups is 1. The van der Waals surface area contributed by atoms with Crippen molar-refractivity contribution in [2.45, 2.75) is 96.9 Å². The summed E-state index contributed by atoms with van der Waals surface area (Å²) in [7, 11) is 0. The van der Waals surface area contributed by atoms with Crippen molar-refractivity contribution in [3.63, 3.8) is 0 Å². The van der Waals surface area contributed by atoms with Gasteiger partial charge in [-0.3, -0.25) is 4.79 Å². The fourth-order valence-electron chi connectivity index (χ4n) is 2.32. The van der Waals surface area contributed by atoms with Crippen molar-refractivity contribution in [2.24, 2.45) is 5.73 Å². The first-order valence-electron chi connectivity index (χ1n) is 7.98. The van der Waals surface area contributed by atoms with Crippen molar-refractivity contribution >= 4 is 5.78 Å². The summed E-state index contributed by atoms with van der Waals surface area (Å²) in [6, 6.07) is 0.0940. The van der Waals surface area contributed by atoms with Gasteiger partial charge in [0.2, 0.25) is 0 Å². The van der Waals surface area contributed by atoms with Crippen molar-refractivity contribution < 1.29 is 4.79 Å². The Morgan fingerprint density at radius 2 is 1.44 bits per heavy atom. The van der Waals surface area contributed by atoms with Crippen LogP contribution in [0.25, 0.3) is 0 Å². The Hall–Kier alpha value is -0.370. The van der Waals surface area contributed by atoms with E-state index in [1.807, 2.05) is 0 Å². The van der Waals surface area contributed by atoms with Crippen LogP contribution in [0.4, 0.5) is 0 Å². The number of rotatable bonds is 13. The molecule has 0 radical (unpaired) electrons. The molecule has 18 heavy (non-hydrogen) atoms. The summed E-state index contributed by atoms with van der Waals surface area (Å²) in [6.07, 6.45) is 13.7. The molecule has 0 saturated carbocycles. The number of nitrogens with two attached hydrogens (primary N) is 1. The van der Waals surface area contributed by atoms with E-state index in [1.54, 1.807) is 0 Å². The van der Waals surface area contributed by atoms with Crippen molar-refractivity contribution in [3.05, 3.63) is 0 Å². The number of hydrogen-bond donors (Lipinski definition) is 1. The molecule has 1 atom stereocenters. The van der Waals surface area contributed by atoms with Gasteiger partial charge in [-0.05, 0) is 12.8 Å². The zero-order valence-corrected chi connectivity index (χ0v) is 12.5. The zero-order chi connectivity index (χ0) is 13.6. The molecule has 0 spiro atoms. The van der Waals surface area contributed by atoms with Crippen LogP contribution in [0.3, 0.4) is 0 Å². The molecule has 0 rings (SSSR count). The minimum absolute atomic E-state index is 0.0940. The van der Waals surface area contributed by atoms with Crippen LogP contribution in [-0.2, 0) is 4.79 Å². The largest absolute Gasteiger partial charge is 0.327 e. The van der Waals surface area contributed by atoms with Crippen LogP contribution in [0.15, 0.2) is 0 Å². The first kappa shape index (κ1) is 17.6. The third kappa shape index (κ3) is 12.1. The van der Waals surface area contributed by atoms with Crippen LogP contribution in [0.1, 0.15) is 90.9 Å². The second-order valence-electron chi connectivity index (χ2n) is 5.52. The lowest BCUT2D eigenvalue weighted by atomic mass is 10.0. The van der Waals surface area contributed by atoms with Crippen LogP contribution in [0.2, 0.25) is 0 Å². The highest BCUT2D eigenvalue weighted by atomic mass is 16.1. The van der Waals surface area contributed by atoms with Crippen LogP contribution in [-0.4, -0.2) is 11.8 Å². The molecule has 108 valence electrons. The minimum atomic E-state index is 0.0940. The lowest BCUT2D eigenvalue weighted by Crippen LogP contribution is -2.23. The monoisotopic (exact) mass is 255 g/mol. The Morgan fingerprint density at radius 1 is 0.889 bits per heavy atom. The molecule has 1 unspecified atom stereocenters. The second kappa shape index (κ2) is 13.1. The number of Topliss-reactive ketones (excluding diaryl/α,β-unsaturated/α-hetero) is 1. The normalized spacial score (nSPS) is 12.6. The van der Waals surface area contributed by atoms with Gasteiger partial charge in [-0.1, -0.05) is 65.2 Å². The molecule has 2 heteroatoms. The van der Waals surface area contributed by atoms with E-state index in [-0.39, 0.29) is 6.04 Å². The standard InChI is InChI=1S/C16H33NO/c1-3-5-6-7-8-9-10-11-13-16(18)14-15(17)12-4-2/h15H,3-14,17H2,1-2H3. The zero-order valence-electron chi connectivity index (χ0n) is 12.5. The van der Waals surface area contributed by atoms with E-state index in [1.165, 1.54) is 44.9 Å². The van der Waals surface area contributed by atoms with Gasteiger partial charge in [-0.15, -0.1) is 0 Å². The highest BCUT2D eigenvalue weighted by Crippen LogP contribution is 2.11. The average molecular weight is 255 g/mol. The summed E-state index contributed by atoms with van der Waals surface area (Å²) in [5, 5.41) is 0. The molecule has 0 saturated heterocycles. The van der Waals surface area contributed by atoms with E-state index in [9.17, 15) is 4.79 Å². The summed E-state index contributed by atoms with van der Waals surface area (Å²) >= 11 is 0. The van der Waals surface area contributed by atoms with Crippen molar-refractivity contribution in [3.8, 4) is 0 Å². The third-order valence-corrected chi connectivity index (χ3v) is 3.46. The topological polar surface area (TPSA) is 43.1 Å². The molecule has 2 nitrogen and oxygen atoms in total. The summed E-state index contributed by atoms with van der Waals surface area (Å²) in [5.74, 6) is 0.363. The highest BCUT2D eigenvalue weighted by molar-refractivity contribution is 5.78. The maximum absolute atomic E-state index is 11.6. The Bertz CT molecular complexity index is 192. The van der Waals surface area contributed by atoms with Crippen molar-refractivity contribution in [1.82, 2.24) is 0 Å². The fourth-order valence-corrected chi connectivity index (χ4v) is 2.32. The van der Waals surface area contributed by atoms with Gasteiger partial charge in [0.15, 0.2) is 0 Å². The smallest absolute Gasteiger partial charge is 0.134 e. The van der Waals surface area contributed by atoms with Gasteiger partial charge in [0, 0.05) is 18.9 Å². The van der Waals surface area contributed by atoms with Gasteiger partial charge in [0.1, 0.15) is 5.78 Å². The number of unbranched alkanes of at least 4 members (excludes halogenated alkanes) is 7. The molecule has 0 heterocycles. The average Bonchev–Trinajstić information content (AvgIpc) is 2.32. The van der Waals surface area contributed by atoms with E-state index < -0.39 is 0 Å². The van der Waals surface area contributed by atoms with Gasteiger partial charge < -0.3 is 5.73 Å². The predicted molar refractivity (Wildman–Crippen MR) is 79.7 cm³/mol. The molecule has 0 fully saturated rings. The molecule has 0 amide bonds. The summed E-state index contributed by atoms with van der Waals surface area (Å²) in [4.78, 5) is 11.6. The van der Waals surface area contributed by atoms with Crippen LogP contribution >= 0.6 is 0 Å². The Morgan fingerprint density at radius 3 is 2.00 bits per heavy atom. The van der Waals surface area contributed by atoms with E-state index in [0.29, 0.717) is 12.2 Å². The fraction of sp³-hybridized carbons (Fsp3) is 0.938. The van der Waals surface area contributed by atoms with E-state index in [0.717, 1.165) is 25.7 Å². The Labute approximate surface area is 114 Å². The minimum Gasteiger partial charge on any atom is -0.327 e. The maximum atomic E-state index is 11.6. The van der Waals surface area contributed by atoms with E-state index in [2.05, 4.69) is 13.8 Å². The number of hydrogen-bond acceptors (Lipinski definition) is 2. The lowest BCUT2D eigenvalue weighted by Gasteiger charge is -2.08. The Kier molecular flexibility index (Phi) is 12.8. The molecule has 2 N–H and O–H groups in total.